The number of benzene rings is 4. The molecule has 0 aromatic heterocycles. The third-order valence-electron chi connectivity index (χ3n) is 7.29. The van der Waals surface area contributed by atoms with Crippen LogP contribution in [0.5, 0.6) is 11.5 Å². The number of aryl methyl sites for hydroxylation is 2. The Kier molecular flexibility index (Phi) is 7.30. The van der Waals surface area contributed by atoms with E-state index in [9.17, 15) is 9.90 Å². The minimum Gasteiger partial charge on any atom is -0.507 e. The summed E-state index contributed by atoms with van der Waals surface area (Å²) >= 11 is 0. The zero-order valence-corrected chi connectivity index (χ0v) is 22.8. The second-order valence-corrected chi connectivity index (χ2v) is 10.3. The second kappa shape index (κ2) is 10.8. The lowest BCUT2D eigenvalue weighted by atomic mass is 9.87. The van der Waals surface area contributed by atoms with Gasteiger partial charge in [-0.1, -0.05) is 116 Å². The SMILES string of the molecule is C=C(C)c1ccc(C)cc1-c1c(O)cc(CCCCC)c2c1OC(c1ccccc1)(c1ccccc1)OC2=O. The molecule has 0 bridgehead atoms. The number of carbonyl (C=O) groups excluding carboxylic acids is 1. The second-order valence-electron chi connectivity index (χ2n) is 10.3. The fourth-order valence-electron chi connectivity index (χ4n) is 5.35. The molecule has 0 saturated carbocycles. The van der Waals surface area contributed by atoms with Crippen LogP contribution in [-0.4, -0.2) is 11.1 Å². The van der Waals surface area contributed by atoms with E-state index in [0.29, 0.717) is 34.4 Å². The first-order valence-electron chi connectivity index (χ1n) is 13.5. The molecule has 0 atom stereocenters. The predicted molar refractivity (Wildman–Crippen MR) is 156 cm³/mol. The summed E-state index contributed by atoms with van der Waals surface area (Å²) in [7, 11) is 0. The largest absolute Gasteiger partial charge is 0.507 e. The number of ether oxygens (including phenoxy) is 2. The number of hydrogen-bond donors (Lipinski definition) is 1. The molecule has 1 N–H and O–H groups in total. The average Bonchev–Trinajstić information content (AvgIpc) is 2.93. The molecule has 0 fully saturated rings. The van der Waals surface area contributed by atoms with E-state index in [0.717, 1.165) is 47.1 Å². The van der Waals surface area contributed by atoms with Crippen LogP contribution in [0.1, 0.15) is 71.3 Å². The van der Waals surface area contributed by atoms with E-state index in [2.05, 4.69) is 13.5 Å². The molecule has 0 saturated heterocycles. The number of allylic oxidation sites excluding steroid dienone is 1. The number of unbranched alkanes of at least 4 members (excludes halogenated alkanes) is 2. The van der Waals surface area contributed by atoms with Crippen molar-refractivity contribution in [2.75, 3.05) is 0 Å². The summed E-state index contributed by atoms with van der Waals surface area (Å²) in [5, 5.41) is 11.6. The third-order valence-corrected chi connectivity index (χ3v) is 7.29. The van der Waals surface area contributed by atoms with Crippen molar-refractivity contribution in [2.24, 2.45) is 0 Å². The van der Waals surface area contributed by atoms with Crippen LogP contribution in [0.25, 0.3) is 16.7 Å². The van der Waals surface area contributed by atoms with Gasteiger partial charge in [-0.2, -0.15) is 0 Å². The summed E-state index contributed by atoms with van der Waals surface area (Å²) in [6.07, 6.45) is 3.58. The van der Waals surface area contributed by atoms with Gasteiger partial charge in [0.2, 0.25) is 0 Å². The summed E-state index contributed by atoms with van der Waals surface area (Å²) in [6.45, 7) is 10.2. The number of phenols is 1. The summed E-state index contributed by atoms with van der Waals surface area (Å²) in [5.74, 6) is -1.60. The molecular formula is C35H34O4. The van der Waals surface area contributed by atoms with Crippen molar-refractivity contribution in [3.8, 4) is 22.6 Å². The molecule has 1 heterocycles. The number of aromatic hydroxyl groups is 1. The lowest BCUT2D eigenvalue weighted by Crippen LogP contribution is -2.43. The van der Waals surface area contributed by atoms with E-state index in [1.165, 1.54) is 0 Å². The molecule has 1 aliphatic heterocycles. The van der Waals surface area contributed by atoms with E-state index < -0.39 is 11.8 Å². The van der Waals surface area contributed by atoms with Gasteiger partial charge in [0, 0.05) is 11.1 Å². The van der Waals surface area contributed by atoms with Gasteiger partial charge >= 0.3 is 11.8 Å². The maximum absolute atomic E-state index is 14.1. The first-order valence-corrected chi connectivity index (χ1v) is 13.5. The number of phenolic OH excluding ortho intramolecular Hbond substituents is 1. The molecule has 4 aromatic carbocycles. The van der Waals surface area contributed by atoms with Crippen molar-refractivity contribution < 1.29 is 19.4 Å². The molecule has 0 spiro atoms. The Morgan fingerprint density at radius 2 is 1.51 bits per heavy atom. The van der Waals surface area contributed by atoms with Crippen LogP contribution in [0.4, 0.5) is 0 Å². The highest BCUT2D eigenvalue weighted by Gasteiger charge is 2.48. The smallest absolute Gasteiger partial charge is 0.346 e. The highest BCUT2D eigenvalue weighted by molar-refractivity contribution is 6.01. The summed E-state index contributed by atoms with van der Waals surface area (Å²) in [6, 6.07) is 26.7. The summed E-state index contributed by atoms with van der Waals surface area (Å²) in [4.78, 5) is 14.1. The molecule has 0 amide bonds. The Morgan fingerprint density at radius 1 is 0.872 bits per heavy atom. The Bertz CT molecular complexity index is 1480. The van der Waals surface area contributed by atoms with E-state index in [4.69, 9.17) is 9.47 Å². The molecular weight excluding hydrogens is 484 g/mol. The molecule has 1 aliphatic rings. The van der Waals surface area contributed by atoms with Crippen LogP contribution in [0.3, 0.4) is 0 Å². The number of hydrogen-bond acceptors (Lipinski definition) is 4. The molecule has 0 radical (unpaired) electrons. The predicted octanol–water partition coefficient (Wildman–Crippen LogP) is 8.58. The highest BCUT2D eigenvalue weighted by atomic mass is 16.7. The number of cyclic esters (lactones) is 1. The van der Waals surface area contributed by atoms with Gasteiger partial charge in [-0.3, -0.25) is 0 Å². The van der Waals surface area contributed by atoms with Gasteiger partial charge in [-0.15, -0.1) is 0 Å². The lowest BCUT2D eigenvalue weighted by Gasteiger charge is -2.39. The van der Waals surface area contributed by atoms with Gasteiger partial charge in [0.05, 0.1) is 5.56 Å². The number of esters is 1. The fourth-order valence-corrected chi connectivity index (χ4v) is 5.35. The van der Waals surface area contributed by atoms with Crippen LogP contribution in [0.2, 0.25) is 0 Å². The average molecular weight is 519 g/mol. The van der Waals surface area contributed by atoms with Crippen molar-refractivity contribution in [1.29, 1.82) is 0 Å². The maximum atomic E-state index is 14.1. The summed E-state index contributed by atoms with van der Waals surface area (Å²) < 4.78 is 13.2. The van der Waals surface area contributed by atoms with E-state index >= 15 is 0 Å². The molecule has 5 rings (SSSR count). The van der Waals surface area contributed by atoms with Gasteiger partial charge < -0.3 is 14.6 Å². The minimum atomic E-state index is -1.52. The van der Waals surface area contributed by atoms with Crippen molar-refractivity contribution in [1.82, 2.24) is 0 Å². The van der Waals surface area contributed by atoms with E-state index in [-0.39, 0.29) is 5.75 Å². The van der Waals surface area contributed by atoms with Gasteiger partial charge in [-0.05, 0) is 49.4 Å². The van der Waals surface area contributed by atoms with Crippen LogP contribution >= 0.6 is 0 Å². The van der Waals surface area contributed by atoms with Crippen LogP contribution in [0.15, 0.2) is 91.5 Å². The quantitative estimate of drug-likeness (QED) is 0.187. The third kappa shape index (κ3) is 4.83. The first-order chi connectivity index (χ1) is 18.9. The van der Waals surface area contributed by atoms with Crippen molar-refractivity contribution in [2.45, 2.75) is 52.2 Å². The molecule has 0 unspecified atom stereocenters. The van der Waals surface area contributed by atoms with Crippen LogP contribution in [0, 0.1) is 6.92 Å². The van der Waals surface area contributed by atoms with Gasteiger partial charge in [0.15, 0.2) is 5.75 Å². The van der Waals surface area contributed by atoms with Crippen molar-refractivity contribution in [3.05, 3.63) is 125 Å². The lowest BCUT2D eigenvalue weighted by molar-refractivity contribution is -0.131. The van der Waals surface area contributed by atoms with Gasteiger partial charge in [-0.25, -0.2) is 4.79 Å². The standard InChI is InChI=1S/C35H34O4/c1-5-6-9-14-25-22-30(36)32(29-21-24(4)19-20-28(29)23(2)3)33-31(25)34(37)39-35(38-33,26-15-10-7-11-16-26)27-17-12-8-13-18-27/h7-8,10-13,15-22,36H,2,5-6,9,14H2,1,3-4H3. The van der Waals surface area contributed by atoms with Gasteiger partial charge in [0.25, 0.3) is 0 Å². The molecule has 0 aliphatic carbocycles. The van der Waals surface area contributed by atoms with Crippen molar-refractivity contribution in [3.63, 3.8) is 0 Å². The Hall–Kier alpha value is -4.31. The van der Waals surface area contributed by atoms with E-state index in [1.807, 2.05) is 92.7 Å². The van der Waals surface area contributed by atoms with Crippen molar-refractivity contribution >= 4 is 11.5 Å². The number of fused-ring (bicyclic) bond motifs is 1. The molecule has 198 valence electrons. The highest BCUT2D eigenvalue weighted by Crippen LogP contribution is 2.51. The maximum Gasteiger partial charge on any atom is 0.346 e. The normalized spacial score (nSPS) is 13.8. The first kappa shape index (κ1) is 26.3. The topological polar surface area (TPSA) is 55.8 Å². The monoisotopic (exact) mass is 518 g/mol. The Labute approximate surface area is 230 Å². The number of rotatable bonds is 8. The van der Waals surface area contributed by atoms with E-state index in [1.54, 1.807) is 6.07 Å². The van der Waals surface area contributed by atoms with Crippen LogP contribution in [-0.2, 0) is 16.9 Å². The zero-order chi connectivity index (χ0) is 27.6. The molecule has 39 heavy (non-hydrogen) atoms. The summed E-state index contributed by atoms with van der Waals surface area (Å²) in [5.41, 5.74) is 6.44. The molecule has 4 heteroatoms. The zero-order valence-electron chi connectivity index (χ0n) is 22.8. The minimum absolute atomic E-state index is 0.0677. The Balaban J connectivity index is 1.83. The van der Waals surface area contributed by atoms with Gasteiger partial charge in [0.1, 0.15) is 11.3 Å². The molecule has 4 nitrogen and oxygen atoms in total. The molecule has 4 aromatic rings. The Morgan fingerprint density at radius 3 is 2.10 bits per heavy atom. The fraction of sp³-hybridized carbons (Fsp3) is 0.229. The number of carbonyl (C=O) groups is 1. The van der Waals surface area contributed by atoms with Crippen LogP contribution < -0.4 is 4.74 Å².